The normalized spacial score (nSPS) is 11.0. The van der Waals surface area contributed by atoms with Gasteiger partial charge in [-0.15, -0.1) is 0 Å². The van der Waals surface area contributed by atoms with Gasteiger partial charge in [-0.25, -0.2) is 8.78 Å². The molecule has 1 aromatic carbocycles. The summed E-state index contributed by atoms with van der Waals surface area (Å²) in [6, 6.07) is 2.36. The van der Waals surface area contributed by atoms with Gasteiger partial charge in [0.25, 0.3) is 0 Å². The van der Waals surface area contributed by atoms with Crippen LogP contribution in [0.4, 0.5) is 14.5 Å². The highest BCUT2D eigenvalue weighted by Gasteiger charge is 2.17. The number of aliphatic hydroxyl groups is 1. The number of rotatable bonds is 5. The Bertz CT molecular complexity index is 357. The topological polar surface area (TPSA) is 23.5 Å². The van der Waals surface area contributed by atoms with Crippen molar-refractivity contribution in [1.29, 1.82) is 0 Å². The molecule has 1 aromatic rings. The van der Waals surface area contributed by atoms with Gasteiger partial charge in [-0.1, -0.05) is 13.8 Å². The number of halogens is 2. The Labute approximate surface area is 101 Å². The summed E-state index contributed by atoms with van der Waals surface area (Å²) >= 11 is 0. The number of benzene rings is 1. The third-order valence-electron chi connectivity index (χ3n) is 2.54. The molecule has 1 rings (SSSR count). The molecule has 0 fully saturated rings. The molecule has 0 aliphatic heterocycles. The van der Waals surface area contributed by atoms with Crippen LogP contribution < -0.4 is 4.90 Å². The van der Waals surface area contributed by atoms with Crippen LogP contribution in [0.1, 0.15) is 26.3 Å². The average molecular weight is 243 g/mol. The zero-order valence-corrected chi connectivity index (χ0v) is 10.5. The van der Waals surface area contributed by atoms with Crippen molar-refractivity contribution in [2.45, 2.75) is 27.4 Å². The van der Waals surface area contributed by atoms with E-state index in [4.69, 9.17) is 5.11 Å². The Hall–Kier alpha value is -1.16. The summed E-state index contributed by atoms with van der Waals surface area (Å²) < 4.78 is 27.6. The Morgan fingerprint density at radius 2 is 1.76 bits per heavy atom. The quantitative estimate of drug-likeness (QED) is 0.859. The van der Waals surface area contributed by atoms with E-state index in [2.05, 4.69) is 0 Å². The van der Waals surface area contributed by atoms with Gasteiger partial charge in [-0.05, 0) is 30.5 Å². The third-order valence-corrected chi connectivity index (χ3v) is 2.54. The fourth-order valence-corrected chi connectivity index (χ4v) is 1.83. The average Bonchev–Trinajstić information content (AvgIpc) is 2.25. The molecule has 0 aliphatic carbocycles. The first kappa shape index (κ1) is 13.9. The van der Waals surface area contributed by atoms with Crippen molar-refractivity contribution < 1.29 is 13.9 Å². The van der Waals surface area contributed by atoms with Gasteiger partial charge in [0.15, 0.2) is 0 Å². The second-order valence-corrected chi connectivity index (χ2v) is 4.50. The van der Waals surface area contributed by atoms with Crippen LogP contribution in [-0.4, -0.2) is 18.2 Å². The highest BCUT2D eigenvalue weighted by atomic mass is 19.1. The summed E-state index contributed by atoms with van der Waals surface area (Å²) in [6.07, 6.45) is 0. The summed E-state index contributed by atoms with van der Waals surface area (Å²) in [7, 11) is 0. The first-order valence-electron chi connectivity index (χ1n) is 5.83. The molecule has 0 amide bonds. The molecule has 0 bridgehead atoms. The molecule has 0 spiro atoms. The van der Waals surface area contributed by atoms with E-state index in [9.17, 15) is 8.78 Å². The fraction of sp³-hybridized carbons (Fsp3) is 0.538. The lowest BCUT2D eigenvalue weighted by molar-refractivity contribution is 0.280. The molecule has 0 unspecified atom stereocenters. The Morgan fingerprint density at radius 3 is 2.12 bits per heavy atom. The van der Waals surface area contributed by atoms with Gasteiger partial charge in [-0.3, -0.25) is 0 Å². The van der Waals surface area contributed by atoms with Gasteiger partial charge in [0.2, 0.25) is 0 Å². The van der Waals surface area contributed by atoms with Crippen molar-refractivity contribution in [2.75, 3.05) is 18.0 Å². The van der Waals surface area contributed by atoms with Crippen molar-refractivity contribution in [2.24, 2.45) is 5.92 Å². The molecule has 17 heavy (non-hydrogen) atoms. The van der Waals surface area contributed by atoms with Gasteiger partial charge < -0.3 is 10.0 Å². The number of aliphatic hydroxyl groups excluding tert-OH is 1. The minimum absolute atomic E-state index is 0.00148. The van der Waals surface area contributed by atoms with Crippen LogP contribution in [0, 0.1) is 17.6 Å². The second kappa shape index (κ2) is 5.96. The lowest BCUT2D eigenvalue weighted by Crippen LogP contribution is -2.29. The smallest absolute Gasteiger partial charge is 0.149 e. The second-order valence-electron chi connectivity index (χ2n) is 4.50. The first-order chi connectivity index (χ1) is 7.99. The van der Waals surface area contributed by atoms with Gasteiger partial charge in [0, 0.05) is 13.1 Å². The predicted molar refractivity (Wildman–Crippen MR) is 65.0 cm³/mol. The zero-order chi connectivity index (χ0) is 13.0. The lowest BCUT2D eigenvalue weighted by Gasteiger charge is -2.26. The number of anilines is 1. The number of hydrogen-bond acceptors (Lipinski definition) is 2. The summed E-state index contributed by atoms with van der Waals surface area (Å²) in [5.41, 5.74) is 0.253. The molecular weight excluding hydrogens is 224 g/mol. The minimum atomic E-state index is -0.614. The van der Waals surface area contributed by atoms with E-state index in [0.29, 0.717) is 19.0 Å². The van der Waals surface area contributed by atoms with E-state index in [1.807, 2.05) is 20.8 Å². The SMILES string of the molecule is CCN(CC(C)C)c1c(F)cc(CO)cc1F. The van der Waals surface area contributed by atoms with Crippen molar-refractivity contribution in [3.63, 3.8) is 0 Å². The minimum Gasteiger partial charge on any atom is -0.392 e. The first-order valence-corrected chi connectivity index (χ1v) is 5.83. The predicted octanol–water partition coefficient (Wildman–Crippen LogP) is 2.94. The summed E-state index contributed by atoms with van der Waals surface area (Å²) in [5, 5.41) is 8.87. The third kappa shape index (κ3) is 3.40. The number of nitrogens with zero attached hydrogens (tertiary/aromatic N) is 1. The van der Waals surface area contributed by atoms with E-state index < -0.39 is 11.6 Å². The summed E-state index contributed by atoms with van der Waals surface area (Å²) in [6.45, 7) is 6.65. The van der Waals surface area contributed by atoms with Gasteiger partial charge in [-0.2, -0.15) is 0 Å². The van der Waals surface area contributed by atoms with Crippen LogP contribution in [-0.2, 0) is 6.61 Å². The molecule has 0 radical (unpaired) electrons. The maximum atomic E-state index is 13.8. The van der Waals surface area contributed by atoms with Crippen molar-refractivity contribution >= 4 is 5.69 Å². The van der Waals surface area contributed by atoms with Crippen molar-refractivity contribution in [1.82, 2.24) is 0 Å². The molecule has 0 aromatic heterocycles. The van der Waals surface area contributed by atoms with Crippen LogP contribution in [0.3, 0.4) is 0 Å². The van der Waals surface area contributed by atoms with E-state index in [-0.39, 0.29) is 17.9 Å². The van der Waals surface area contributed by atoms with E-state index in [0.717, 1.165) is 0 Å². The monoisotopic (exact) mass is 243 g/mol. The molecule has 4 heteroatoms. The van der Waals surface area contributed by atoms with E-state index >= 15 is 0 Å². The largest absolute Gasteiger partial charge is 0.392 e. The fourth-order valence-electron chi connectivity index (χ4n) is 1.83. The maximum Gasteiger partial charge on any atom is 0.149 e. The molecule has 96 valence electrons. The van der Waals surface area contributed by atoms with Crippen LogP contribution in [0.15, 0.2) is 12.1 Å². The Morgan fingerprint density at radius 1 is 1.24 bits per heavy atom. The zero-order valence-electron chi connectivity index (χ0n) is 10.5. The van der Waals surface area contributed by atoms with Crippen LogP contribution in [0.25, 0.3) is 0 Å². The van der Waals surface area contributed by atoms with Gasteiger partial charge >= 0.3 is 0 Å². The van der Waals surface area contributed by atoms with Gasteiger partial charge in [0.05, 0.1) is 6.61 Å². The Kier molecular flexibility index (Phi) is 4.87. The molecule has 1 N–H and O–H groups in total. The molecule has 0 saturated carbocycles. The Balaban J connectivity index is 3.10. The van der Waals surface area contributed by atoms with Crippen LogP contribution in [0.5, 0.6) is 0 Å². The van der Waals surface area contributed by atoms with Gasteiger partial charge in [0.1, 0.15) is 17.3 Å². The maximum absolute atomic E-state index is 13.8. The van der Waals surface area contributed by atoms with Crippen molar-refractivity contribution in [3.05, 3.63) is 29.3 Å². The molecule has 0 heterocycles. The standard InChI is InChI=1S/C13H19F2NO/c1-4-16(7-9(2)3)13-11(14)5-10(8-17)6-12(13)15/h5-6,9,17H,4,7-8H2,1-3H3. The molecule has 0 saturated heterocycles. The lowest BCUT2D eigenvalue weighted by atomic mass is 10.1. The van der Waals surface area contributed by atoms with E-state index in [1.165, 1.54) is 12.1 Å². The summed E-state index contributed by atoms with van der Waals surface area (Å²) in [4.78, 5) is 1.68. The van der Waals surface area contributed by atoms with E-state index in [1.54, 1.807) is 4.90 Å². The van der Waals surface area contributed by atoms with Crippen LogP contribution >= 0.6 is 0 Å². The molecular formula is C13H19F2NO. The molecule has 2 nitrogen and oxygen atoms in total. The highest BCUT2D eigenvalue weighted by molar-refractivity contribution is 5.50. The molecule has 0 aliphatic rings. The van der Waals surface area contributed by atoms with Crippen LogP contribution in [0.2, 0.25) is 0 Å². The van der Waals surface area contributed by atoms with Crippen molar-refractivity contribution in [3.8, 4) is 0 Å². The number of hydrogen-bond donors (Lipinski definition) is 1. The summed E-state index contributed by atoms with van der Waals surface area (Å²) in [5.74, 6) is -0.903. The molecule has 0 atom stereocenters. The highest BCUT2D eigenvalue weighted by Crippen LogP contribution is 2.25.